The molecule has 0 fully saturated rings. The van der Waals surface area contributed by atoms with Crippen LogP contribution < -0.4 is 5.32 Å². The van der Waals surface area contributed by atoms with Crippen LogP contribution in [0.3, 0.4) is 0 Å². The lowest BCUT2D eigenvalue weighted by Gasteiger charge is -2.06. The van der Waals surface area contributed by atoms with Crippen LogP contribution in [0.2, 0.25) is 5.02 Å². The lowest BCUT2D eigenvalue weighted by atomic mass is 10.2. The van der Waals surface area contributed by atoms with Crippen LogP contribution in [0.1, 0.15) is 0 Å². The summed E-state index contributed by atoms with van der Waals surface area (Å²) in [5.41, 5.74) is 0.0325. The third-order valence-corrected chi connectivity index (χ3v) is 4.45. The summed E-state index contributed by atoms with van der Waals surface area (Å²) < 4.78 is 14.6. The van der Waals surface area contributed by atoms with Gasteiger partial charge in [-0.1, -0.05) is 23.4 Å². The van der Waals surface area contributed by atoms with Crippen molar-refractivity contribution in [3.05, 3.63) is 63.4 Å². The second kappa shape index (κ2) is 8.10. The van der Waals surface area contributed by atoms with Gasteiger partial charge in [-0.25, -0.2) is 4.39 Å². The molecule has 3 rings (SSSR count). The van der Waals surface area contributed by atoms with Crippen LogP contribution in [-0.4, -0.2) is 36.8 Å². The van der Waals surface area contributed by atoms with Crippen molar-refractivity contribution in [2.24, 2.45) is 0 Å². The molecular weight excluding hydrogens is 399 g/mol. The van der Waals surface area contributed by atoms with Crippen LogP contribution in [0.4, 0.5) is 15.8 Å². The molecule has 9 nitrogen and oxygen atoms in total. The van der Waals surface area contributed by atoms with E-state index in [0.29, 0.717) is 15.9 Å². The van der Waals surface area contributed by atoms with E-state index in [0.717, 1.165) is 30.0 Å². The van der Waals surface area contributed by atoms with E-state index in [1.165, 1.54) is 4.68 Å². The molecule has 1 aromatic heterocycles. The number of hydrogen-bond acceptors (Lipinski definition) is 7. The molecule has 1 heterocycles. The number of anilines is 1. The number of thioether (sulfide) groups is 1. The van der Waals surface area contributed by atoms with Crippen LogP contribution in [0.5, 0.6) is 0 Å². The molecule has 3 aromatic rings. The summed E-state index contributed by atoms with van der Waals surface area (Å²) in [5, 5.41) is 25.5. The number of hydrogen-bond donors (Lipinski definition) is 1. The highest BCUT2D eigenvalue weighted by atomic mass is 35.5. The Hall–Kier alpha value is -3.05. The summed E-state index contributed by atoms with van der Waals surface area (Å²) >= 11 is 6.88. The third-order valence-electron chi connectivity index (χ3n) is 3.28. The summed E-state index contributed by atoms with van der Waals surface area (Å²) in [7, 11) is 0. The molecule has 27 heavy (non-hydrogen) atoms. The minimum atomic E-state index is -0.771. The van der Waals surface area contributed by atoms with Gasteiger partial charge in [0.25, 0.3) is 5.69 Å². The summed E-state index contributed by atoms with van der Waals surface area (Å²) in [4.78, 5) is 22.3. The SMILES string of the molecule is O=C(CSc1nnnn1-c1ccc(Cl)cc1)Nc1ccc(F)cc1[N+](=O)[O-]. The van der Waals surface area contributed by atoms with E-state index in [1.54, 1.807) is 24.3 Å². The Labute approximate surface area is 160 Å². The first-order valence-corrected chi connectivity index (χ1v) is 8.71. The Kier molecular flexibility index (Phi) is 5.62. The van der Waals surface area contributed by atoms with E-state index in [-0.39, 0.29) is 11.4 Å². The van der Waals surface area contributed by atoms with Gasteiger partial charge < -0.3 is 5.32 Å². The number of rotatable bonds is 6. The number of aromatic nitrogens is 4. The quantitative estimate of drug-likeness (QED) is 0.378. The van der Waals surface area contributed by atoms with E-state index < -0.39 is 22.3 Å². The molecule has 0 aliphatic rings. The highest BCUT2D eigenvalue weighted by Gasteiger charge is 2.18. The smallest absolute Gasteiger partial charge is 0.295 e. The number of carbonyl (C=O) groups is 1. The van der Waals surface area contributed by atoms with Crippen molar-refractivity contribution in [1.82, 2.24) is 20.2 Å². The van der Waals surface area contributed by atoms with Crippen molar-refractivity contribution in [2.45, 2.75) is 5.16 Å². The zero-order valence-electron chi connectivity index (χ0n) is 13.4. The maximum atomic E-state index is 13.2. The molecule has 0 radical (unpaired) electrons. The number of tetrazole rings is 1. The van der Waals surface area contributed by atoms with Crippen molar-refractivity contribution < 1.29 is 14.1 Å². The number of amides is 1. The fraction of sp³-hybridized carbons (Fsp3) is 0.0667. The van der Waals surface area contributed by atoms with Gasteiger partial charge in [-0.3, -0.25) is 14.9 Å². The molecule has 0 aliphatic carbocycles. The van der Waals surface area contributed by atoms with Crippen LogP contribution in [0.15, 0.2) is 47.6 Å². The second-order valence-electron chi connectivity index (χ2n) is 5.11. The number of nitrogens with one attached hydrogen (secondary N) is 1. The monoisotopic (exact) mass is 408 g/mol. The first kappa shape index (κ1) is 18.7. The fourth-order valence-electron chi connectivity index (χ4n) is 2.09. The minimum absolute atomic E-state index is 0.0932. The molecule has 138 valence electrons. The second-order valence-corrected chi connectivity index (χ2v) is 6.48. The fourth-order valence-corrected chi connectivity index (χ4v) is 2.91. The molecule has 2 aromatic carbocycles. The highest BCUT2D eigenvalue weighted by Crippen LogP contribution is 2.26. The molecule has 0 saturated heterocycles. The van der Waals surface area contributed by atoms with Gasteiger partial charge in [0.1, 0.15) is 11.5 Å². The first-order chi connectivity index (χ1) is 12.9. The number of carbonyl (C=O) groups excluding carboxylic acids is 1. The topological polar surface area (TPSA) is 116 Å². The van der Waals surface area contributed by atoms with E-state index in [4.69, 9.17) is 11.6 Å². The molecule has 0 spiro atoms. The van der Waals surface area contributed by atoms with Crippen molar-refractivity contribution in [3.63, 3.8) is 0 Å². The molecule has 1 amide bonds. The van der Waals surface area contributed by atoms with Crippen LogP contribution >= 0.6 is 23.4 Å². The van der Waals surface area contributed by atoms with E-state index in [2.05, 4.69) is 20.8 Å². The molecule has 1 N–H and O–H groups in total. The molecule has 0 atom stereocenters. The van der Waals surface area contributed by atoms with Crippen molar-refractivity contribution >= 4 is 40.6 Å². The minimum Gasteiger partial charge on any atom is -0.320 e. The molecule has 0 unspecified atom stereocenters. The molecular formula is C15H10ClFN6O3S. The molecule has 0 aliphatic heterocycles. The number of benzene rings is 2. The maximum absolute atomic E-state index is 13.2. The number of nitrogens with zero attached hydrogens (tertiary/aromatic N) is 5. The number of halogens is 2. The summed E-state index contributed by atoms with van der Waals surface area (Å²) in [5.74, 6) is -1.40. The summed E-state index contributed by atoms with van der Waals surface area (Å²) in [6, 6.07) is 9.67. The van der Waals surface area contributed by atoms with Crippen LogP contribution in [0, 0.1) is 15.9 Å². The van der Waals surface area contributed by atoms with E-state index in [1.807, 2.05) is 0 Å². The first-order valence-electron chi connectivity index (χ1n) is 7.35. The lowest BCUT2D eigenvalue weighted by molar-refractivity contribution is -0.384. The Morgan fingerprint density at radius 3 is 2.74 bits per heavy atom. The Morgan fingerprint density at radius 1 is 1.30 bits per heavy atom. The number of nitro benzene ring substituents is 1. The predicted molar refractivity (Wildman–Crippen MR) is 96.6 cm³/mol. The summed E-state index contributed by atoms with van der Waals surface area (Å²) in [6.07, 6.45) is 0. The Balaban J connectivity index is 1.68. The van der Waals surface area contributed by atoms with Gasteiger partial charge in [-0.15, -0.1) is 5.10 Å². The molecule has 12 heteroatoms. The average Bonchev–Trinajstić information content (AvgIpc) is 3.10. The van der Waals surface area contributed by atoms with Gasteiger partial charge >= 0.3 is 0 Å². The van der Waals surface area contributed by atoms with E-state index >= 15 is 0 Å². The van der Waals surface area contributed by atoms with Gasteiger partial charge in [0, 0.05) is 5.02 Å². The van der Waals surface area contributed by atoms with Crippen LogP contribution in [0.25, 0.3) is 5.69 Å². The zero-order valence-corrected chi connectivity index (χ0v) is 14.9. The van der Waals surface area contributed by atoms with Crippen molar-refractivity contribution in [1.29, 1.82) is 0 Å². The van der Waals surface area contributed by atoms with Gasteiger partial charge in [0.2, 0.25) is 11.1 Å². The Morgan fingerprint density at radius 2 is 2.04 bits per heavy atom. The molecule has 0 bridgehead atoms. The van der Waals surface area contributed by atoms with Gasteiger partial charge in [-0.2, -0.15) is 4.68 Å². The maximum Gasteiger partial charge on any atom is 0.295 e. The van der Waals surface area contributed by atoms with Gasteiger partial charge in [-0.05, 0) is 46.8 Å². The Bertz CT molecular complexity index is 997. The lowest BCUT2D eigenvalue weighted by Crippen LogP contribution is -2.15. The molecule has 0 saturated carbocycles. The third kappa shape index (κ3) is 4.57. The van der Waals surface area contributed by atoms with Crippen molar-refractivity contribution in [2.75, 3.05) is 11.1 Å². The normalized spacial score (nSPS) is 10.6. The van der Waals surface area contributed by atoms with Gasteiger partial charge in [0.05, 0.1) is 22.4 Å². The average molecular weight is 409 g/mol. The summed E-state index contributed by atoms with van der Waals surface area (Å²) in [6.45, 7) is 0. The van der Waals surface area contributed by atoms with Crippen LogP contribution in [-0.2, 0) is 4.79 Å². The largest absolute Gasteiger partial charge is 0.320 e. The highest BCUT2D eigenvalue weighted by molar-refractivity contribution is 7.99. The zero-order chi connectivity index (χ0) is 19.4. The van der Waals surface area contributed by atoms with E-state index in [9.17, 15) is 19.3 Å². The van der Waals surface area contributed by atoms with Gasteiger partial charge in [0.15, 0.2) is 0 Å². The standard InChI is InChI=1S/C15H10ClFN6O3S/c16-9-1-4-11(5-2-9)22-15(19-20-21-22)27-8-14(24)18-12-6-3-10(17)7-13(12)23(25)26/h1-7H,8H2,(H,18,24). The predicted octanol–water partition coefficient (Wildman–Crippen LogP) is 3.09. The number of nitro groups is 1. The van der Waals surface area contributed by atoms with Crippen molar-refractivity contribution in [3.8, 4) is 5.69 Å².